The van der Waals surface area contributed by atoms with Gasteiger partial charge in [0.1, 0.15) is 5.82 Å². The number of aromatic nitrogens is 2. The van der Waals surface area contributed by atoms with Crippen molar-refractivity contribution in [3.8, 4) is 0 Å². The molecule has 94 valence electrons. The first-order valence-electron chi connectivity index (χ1n) is 5.17. The highest BCUT2D eigenvalue weighted by molar-refractivity contribution is 9.08. The van der Waals surface area contributed by atoms with Crippen LogP contribution < -0.4 is 5.56 Å². The molecule has 0 atom stereocenters. The van der Waals surface area contributed by atoms with E-state index in [4.69, 9.17) is 23.2 Å². The van der Waals surface area contributed by atoms with E-state index in [-0.39, 0.29) is 5.56 Å². The normalized spacial score (nSPS) is 10.6. The second kappa shape index (κ2) is 5.87. The molecule has 6 heteroatoms. The molecule has 0 aliphatic rings. The lowest BCUT2D eigenvalue weighted by atomic mass is 10.1. The second-order valence-electron chi connectivity index (χ2n) is 3.73. The number of rotatable bonds is 3. The molecule has 0 unspecified atom stereocenters. The first-order chi connectivity index (χ1) is 8.60. The van der Waals surface area contributed by atoms with Crippen molar-refractivity contribution >= 4 is 39.1 Å². The molecule has 2 rings (SSSR count). The molecule has 1 aromatic carbocycles. The van der Waals surface area contributed by atoms with Crippen LogP contribution >= 0.6 is 39.1 Å². The van der Waals surface area contributed by atoms with Crippen molar-refractivity contribution in [1.29, 1.82) is 0 Å². The zero-order chi connectivity index (χ0) is 13.1. The summed E-state index contributed by atoms with van der Waals surface area (Å²) in [5.74, 6) is 0.578. The van der Waals surface area contributed by atoms with E-state index in [9.17, 15) is 4.79 Å². The van der Waals surface area contributed by atoms with E-state index >= 15 is 0 Å². The maximum atomic E-state index is 11.6. The molecule has 0 saturated carbocycles. The number of hydrogen-bond donors (Lipinski definition) is 1. The van der Waals surface area contributed by atoms with E-state index < -0.39 is 0 Å². The lowest BCUT2D eigenvalue weighted by Gasteiger charge is -2.04. The highest BCUT2D eigenvalue weighted by Gasteiger charge is 2.06. The van der Waals surface area contributed by atoms with Gasteiger partial charge in [0.15, 0.2) is 0 Å². The van der Waals surface area contributed by atoms with Gasteiger partial charge in [-0.05, 0) is 17.7 Å². The summed E-state index contributed by atoms with van der Waals surface area (Å²) in [5.41, 5.74) is 1.33. The molecule has 0 amide bonds. The van der Waals surface area contributed by atoms with Crippen LogP contribution in [0.15, 0.2) is 29.2 Å². The summed E-state index contributed by atoms with van der Waals surface area (Å²) in [6.45, 7) is 0. The number of alkyl halides is 1. The number of halogens is 3. The third kappa shape index (κ3) is 3.13. The lowest BCUT2D eigenvalue weighted by molar-refractivity contribution is 0.928. The van der Waals surface area contributed by atoms with Crippen LogP contribution in [0.3, 0.4) is 0 Å². The number of nitrogens with one attached hydrogen (secondary N) is 1. The van der Waals surface area contributed by atoms with Crippen molar-refractivity contribution in [1.82, 2.24) is 9.97 Å². The van der Waals surface area contributed by atoms with Gasteiger partial charge in [-0.1, -0.05) is 45.2 Å². The molecule has 0 saturated heterocycles. The summed E-state index contributed by atoms with van der Waals surface area (Å²) in [6.07, 6.45) is 2.03. The Morgan fingerprint density at radius 1 is 1.28 bits per heavy atom. The summed E-state index contributed by atoms with van der Waals surface area (Å²) in [5, 5.41) is 1.63. The highest BCUT2D eigenvalue weighted by Crippen LogP contribution is 2.22. The summed E-state index contributed by atoms with van der Waals surface area (Å²) < 4.78 is 0. The Balaban J connectivity index is 2.29. The molecule has 0 fully saturated rings. The van der Waals surface area contributed by atoms with Crippen molar-refractivity contribution in [2.75, 3.05) is 0 Å². The predicted octanol–water partition coefficient (Wildman–Crippen LogP) is 3.56. The Bertz CT molecular complexity index is 628. The molecule has 1 aromatic heterocycles. The van der Waals surface area contributed by atoms with E-state index in [0.717, 1.165) is 5.56 Å². The minimum absolute atomic E-state index is 0.137. The van der Waals surface area contributed by atoms with Crippen molar-refractivity contribution in [3.63, 3.8) is 0 Å². The summed E-state index contributed by atoms with van der Waals surface area (Å²) in [4.78, 5) is 18.5. The fraction of sp³-hybridized carbons (Fsp3) is 0.167. The number of benzene rings is 1. The summed E-state index contributed by atoms with van der Waals surface area (Å²) in [6, 6.07) is 5.25. The topological polar surface area (TPSA) is 45.8 Å². The van der Waals surface area contributed by atoms with Gasteiger partial charge in [0.25, 0.3) is 5.56 Å². The van der Waals surface area contributed by atoms with Crippen LogP contribution in [0.1, 0.15) is 17.0 Å². The average molecular weight is 348 g/mol. The van der Waals surface area contributed by atoms with Crippen molar-refractivity contribution < 1.29 is 0 Å². The van der Waals surface area contributed by atoms with Crippen LogP contribution in [0.2, 0.25) is 10.0 Å². The van der Waals surface area contributed by atoms with Crippen molar-refractivity contribution in [3.05, 3.63) is 61.7 Å². The Morgan fingerprint density at radius 3 is 2.67 bits per heavy atom. The largest absolute Gasteiger partial charge is 0.310 e. The van der Waals surface area contributed by atoms with E-state index in [0.29, 0.717) is 33.2 Å². The van der Waals surface area contributed by atoms with Gasteiger partial charge in [0.2, 0.25) is 0 Å². The molecule has 0 aliphatic carbocycles. The standard InChI is InChI=1S/C12H9BrCl2N2O/c13-5-8-6-16-11(17-12(8)18)3-7-1-2-9(14)4-10(7)15/h1-2,4,6H,3,5H2,(H,16,17,18). The first-order valence-corrected chi connectivity index (χ1v) is 7.05. The predicted molar refractivity (Wildman–Crippen MR) is 76.8 cm³/mol. The van der Waals surface area contributed by atoms with Gasteiger partial charge < -0.3 is 4.98 Å². The zero-order valence-corrected chi connectivity index (χ0v) is 12.3. The van der Waals surface area contributed by atoms with Gasteiger partial charge in [-0.2, -0.15) is 0 Å². The first kappa shape index (κ1) is 13.6. The molecule has 1 heterocycles. The van der Waals surface area contributed by atoms with Gasteiger partial charge in [-0.25, -0.2) is 4.98 Å². The van der Waals surface area contributed by atoms with E-state index in [2.05, 4.69) is 25.9 Å². The maximum absolute atomic E-state index is 11.6. The zero-order valence-electron chi connectivity index (χ0n) is 9.21. The molecule has 0 spiro atoms. The third-order valence-electron chi connectivity index (χ3n) is 2.44. The van der Waals surface area contributed by atoms with Gasteiger partial charge >= 0.3 is 0 Å². The highest BCUT2D eigenvalue weighted by atomic mass is 79.9. The second-order valence-corrected chi connectivity index (χ2v) is 5.13. The number of aromatic amines is 1. The number of hydrogen-bond acceptors (Lipinski definition) is 2. The van der Waals surface area contributed by atoms with E-state index in [1.165, 1.54) is 0 Å². The maximum Gasteiger partial charge on any atom is 0.254 e. The Labute approximate surface area is 122 Å². The third-order valence-corrected chi connectivity index (χ3v) is 3.63. The van der Waals surface area contributed by atoms with Gasteiger partial charge in [0, 0.05) is 33.6 Å². The molecule has 0 aliphatic heterocycles. The van der Waals surface area contributed by atoms with Crippen LogP contribution in [-0.4, -0.2) is 9.97 Å². The van der Waals surface area contributed by atoms with Crippen LogP contribution in [0, 0.1) is 0 Å². The van der Waals surface area contributed by atoms with Crippen LogP contribution in [0.4, 0.5) is 0 Å². The van der Waals surface area contributed by atoms with Gasteiger partial charge in [-0.15, -0.1) is 0 Å². The molecule has 1 N–H and O–H groups in total. The minimum Gasteiger partial charge on any atom is -0.310 e. The fourth-order valence-corrected chi connectivity index (χ4v) is 2.36. The van der Waals surface area contributed by atoms with Crippen LogP contribution in [0.5, 0.6) is 0 Å². The smallest absolute Gasteiger partial charge is 0.254 e. The Kier molecular flexibility index (Phi) is 4.43. The van der Waals surface area contributed by atoms with E-state index in [1.54, 1.807) is 18.3 Å². The molecule has 18 heavy (non-hydrogen) atoms. The molecule has 0 radical (unpaired) electrons. The lowest BCUT2D eigenvalue weighted by Crippen LogP contribution is -2.15. The molecular weight excluding hydrogens is 339 g/mol. The Morgan fingerprint density at radius 2 is 2.06 bits per heavy atom. The number of H-pyrrole nitrogens is 1. The van der Waals surface area contributed by atoms with Crippen molar-refractivity contribution in [2.45, 2.75) is 11.8 Å². The van der Waals surface area contributed by atoms with Gasteiger partial charge in [-0.3, -0.25) is 4.79 Å². The van der Waals surface area contributed by atoms with Crippen LogP contribution in [-0.2, 0) is 11.8 Å². The average Bonchev–Trinajstić information content (AvgIpc) is 2.33. The van der Waals surface area contributed by atoms with Gasteiger partial charge in [0.05, 0.1) is 0 Å². The molecule has 2 aromatic rings. The van der Waals surface area contributed by atoms with Crippen molar-refractivity contribution in [2.24, 2.45) is 0 Å². The summed E-state index contributed by atoms with van der Waals surface area (Å²) >= 11 is 15.1. The molecule has 0 bridgehead atoms. The monoisotopic (exact) mass is 346 g/mol. The summed E-state index contributed by atoms with van der Waals surface area (Å²) in [7, 11) is 0. The minimum atomic E-state index is -0.137. The van der Waals surface area contributed by atoms with E-state index in [1.807, 2.05) is 6.07 Å². The SMILES string of the molecule is O=c1[nH]c(Cc2ccc(Cl)cc2Cl)ncc1CBr. The molecular formula is C12H9BrCl2N2O. The Hall–Kier alpha value is -0.840. The molecule has 3 nitrogen and oxygen atoms in total. The van der Waals surface area contributed by atoms with Crippen LogP contribution in [0.25, 0.3) is 0 Å². The quantitative estimate of drug-likeness (QED) is 0.863. The fourth-order valence-electron chi connectivity index (χ4n) is 1.49. The number of nitrogens with zero attached hydrogens (tertiary/aromatic N) is 1.